The summed E-state index contributed by atoms with van der Waals surface area (Å²) < 4.78 is 4.69. The van der Waals surface area contributed by atoms with Crippen LogP contribution in [-0.4, -0.2) is 23.7 Å². The second-order valence-corrected chi connectivity index (χ2v) is 2.98. The van der Waals surface area contributed by atoms with Gasteiger partial charge in [0.05, 0.1) is 6.61 Å². The van der Waals surface area contributed by atoms with Crippen molar-refractivity contribution >= 4 is 11.9 Å². The number of hydrogen-bond acceptors (Lipinski definition) is 3. The highest BCUT2D eigenvalue weighted by atomic mass is 16.5. The minimum Gasteiger partial charge on any atom is -0.477 e. The highest BCUT2D eigenvalue weighted by molar-refractivity contribution is 6.12. The van der Waals surface area contributed by atoms with Gasteiger partial charge >= 0.3 is 11.9 Å². The lowest BCUT2D eigenvalue weighted by molar-refractivity contribution is -0.144. The Morgan fingerprint density at radius 1 is 1.29 bits per heavy atom. The lowest BCUT2D eigenvalue weighted by atomic mass is 10.2. The van der Waals surface area contributed by atoms with Crippen LogP contribution in [0.2, 0.25) is 0 Å². The second-order valence-electron chi connectivity index (χ2n) is 2.98. The van der Waals surface area contributed by atoms with E-state index in [9.17, 15) is 9.59 Å². The maximum Gasteiger partial charge on any atom is 0.344 e. The number of unbranched alkanes of at least 4 members (excludes halogenated alkanes) is 3. The number of carbonyl (C=O) groups is 2. The Kier molecular flexibility index (Phi) is 6.45. The van der Waals surface area contributed by atoms with Gasteiger partial charge in [0.15, 0.2) is 0 Å². The van der Waals surface area contributed by atoms with Gasteiger partial charge < -0.3 is 9.84 Å². The first-order chi connectivity index (χ1) is 6.59. The van der Waals surface area contributed by atoms with Gasteiger partial charge in [0, 0.05) is 0 Å². The summed E-state index contributed by atoms with van der Waals surface area (Å²) in [4.78, 5) is 21.2. The van der Waals surface area contributed by atoms with E-state index in [1.165, 1.54) is 0 Å². The normalized spacial score (nSPS) is 9.50. The minimum absolute atomic E-state index is 0.269. The molecule has 0 rings (SSSR count). The van der Waals surface area contributed by atoms with E-state index < -0.39 is 17.5 Å². The largest absolute Gasteiger partial charge is 0.477 e. The number of hydrogen-bond donors (Lipinski definition) is 1. The van der Waals surface area contributed by atoms with Gasteiger partial charge in [-0.05, 0) is 6.42 Å². The van der Waals surface area contributed by atoms with E-state index in [0.29, 0.717) is 0 Å². The summed E-state index contributed by atoms with van der Waals surface area (Å²) in [6.07, 6.45) is 3.96. The standard InChI is InChI=1S/C10H16O4/c1-3-4-5-6-7-14-10(13)8(2)9(11)12/h2-7H2,1H3,(H,11,12). The summed E-state index contributed by atoms with van der Waals surface area (Å²) in [6.45, 7) is 5.45. The van der Waals surface area contributed by atoms with Crippen LogP contribution in [0.3, 0.4) is 0 Å². The molecular formula is C10H16O4. The smallest absolute Gasteiger partial charge is 0.344 e. The van der Waals surface area contributed by atoms with E-state index in [2.05, 4.69) is 13.5 Å². The number of carboxylic acids is 1. The lowest BCUT2D eigenvalue weighted by Crippen LogP contribution is -2.14. The molecule has 0 amide bonds. The Balaban J connectivity index is 3.54. The molecule has 0 aliphatic heterocycles. The van der Waals surface area contributed by atoms with Crippen molar-refractivity contribution < 1.29 is 19.4 Å². The fraction of sp³-hybridized carbons (Fsp3) is 0.600. The van der Waals surface area contributed by atoms with Gasteiger partial charge in [-0.3, -0.25) is 0 Å². The number of esters is 1. The Hall–Kier alpha value is -1.32. The molecular weight excluding hydrogens is 184 g/mol. The fourth-order valence-electron chi connectivity index (χ4n) is 0.868. The summed E-state index contributed by atoms with van der Waals surface area (Å²) in [7, 11) is 0. The number of rotatable bonds is 7. The molecule has 0 fully saturated rings. The van der Waals surface area contributed by atoms with Crippen LogP contribution in [0.25, 0.3) is 0 Å². The van der Waals surface area contributed by atoms with Crippen molar-refractivity contribution in [2.75, 3.05) is 6.61 Å². The predicted octanol–water partition coefficient (Wildman–Crippen LogP) is 1.75. The molecule has 0 bridgehead atoms. The SMILES string of the molecule is C=C(C(=O)O)C(=O)OCCCCCC. The molecule has 80 valence electrons. The Bertz CT molecular complexity index is 220. The first-order valence-electron chi connectivity index (χ1n) is 4.69. The van der Waals surface area contributed by atoms with Crippen LogP contribution in [0.4, 0.5) is 0 Å². The first kappa shape index (κ1) is 12.7. The molecule has 0 heterocycles. The van der Waals surface area contributed by atoms with Crippen LogP contribution in [0.1, 0.15) is 32.6 Å². The van der Waals surface area contributed by atoms with Crippen molar-refractivity contribution in [2.24, 2.45) is 0 Å². The molecule has 0 saturated carbocycles. The Morgan fingerprint density at radius 3 is 2.43 bits per heavy atom. The summed E-state index contributed by atoms with van der Waals surface area (Å²) in [6, 6.07) is 0. The van der Waals surface area contributed by atoms with E-state index in [-0.39, 0.29) is 6.61 Å². The number of carbonyl (C=O) groups excluding carboxylic acids is 1. The van der Waals surface area contributed by atoms with Crippen molar-refractivity contribution in [1.29, 1.82) is 0 Å². The molecule has 0 spiro atoms. The first-order valence-corrected chi connectivity index (χ1v) is 4.69. The third-order valence-corrected chi connectivity index (χ3v) is 1.74. The lowest BCUT2D eigenvalue weighted by Gasteiger charge is -2.03. The number of carboxylic acid groups (broad SMARTS) is 1. The molecule has 14 heavy (non-hydrogen) atoms. The van der Waals surface area contributed by atoms with Crippen LogP contribution in [0, 0.1) is 0 Å². The summed E-state index contributed by atoms with van der Waals surface area (Å²) >= 11 is 0. The average molecular weight is 200 g/mol. The predicted molar refractivity (Wildman–Crippen MR) is 51.9 cm³/mol. The number of aliphatic carboxylic acids is 1. The van der Waals surface area contributed by atoms with Gasteiger partial charge in [0.2, 0.25) is 0 Å². The highest BCUT2D eigenvalue weighted by Gasteiger charge is 2.15. The van der Waals surface area contributed by atoms with Crippen molar-refractivity contribution in [1.82, 2.24) is 0 Å². The third-order valence-electron chi connectivity index (χ3n) is 1.74. The topological polar surface area (TPSA) is 63.6 Å². The third kappa shape index (κ3) is 5.35. The zero-order valence-corrected chi connectivity index (χ0v) is 8.41. The molecule has 0 aromatic carbocycles. The van der Waals surface area contributed by atoms with Crippen molar-refractivity contribution in [2.45, 2.75) is 32.6 Å². The summed E-state index contributed by atoms with van der Waals surface area (Å²) in [5.74, 6) is -2.17. The molecule has 1 N–H and O–H groups in total. The van der Waals surface area contributed by atoms with Crippen molar-refractivity contribution in [3.05, 3.63) is 12.2 Å². The van der Waals surface area contributed by atoms with Gasteiger partial charge in [-0.1, -0.05) is 32.8 Å². The summed E-state index contributed by atoms with van der Waals surface area (Å²) in [5.41, 5.74) is -0.513. The van der Waals surface area contributed by atoms with Crippen molar-refractivity contribution in [3.8, 4) is 0 Å². The zero-order chi connectivity index (χ0) is 11.0. The average Bonchev–Trinajstić information content (AvgIpc) is 2.16. The molecule has 0 unspecified atom stereocenters. The molecule has 4 nitrogen and oxygen atoms in total. The van der Waals surface area contributed by atoms with Gasteiger partial charge in [-0.25, -0.2) is 9.59 Å². The summed E-state index contributed by atoms with van der Waals surface area (Å²) in [5, 5.41) is 8.39. The quantitative estimate of drug-likeness (QED) is 0.223. The Morgan fingerprint density at radius 2 is 1.93 bits per heavy atom. The van der Waals surface area contributed by atoms with Crippen LogP contribution in [0.15, 0.2) is 12.2 Å². The van der Waals surface area contributed by atoms with Crippen LogP contribution < -0.4 is 0 Å². The van der Waals surface area contributed by atoms with E-state index in [1.807, 2.05) is 0 Å². The van der Waals surface area contributed by atoms with Gasteiger partial charge in [-0.2, -0.15) is 0 Å². The van der Waals surface area contributed by atoms with Gasteiger partial charge in [-0.15, -0.1) is 0 Å². The molecule has 0 atom stereocenters. The van der Waals surface area contributed by atoms with E-state index in [0.717, 1.165) is 25.7 Å². The van der Waals surface area contributed by atoms with Crippen LogP contribution in [0.5, 0.6) is 0 Å². The zero-order valence-electron chi connectivity index (χ0n) is 8.41. The molecule has 0 radical (unpaired) electrons. The van der Waals surface area contributed by atoms with E-state index in [4.69, 9.17) is 9.84 Å². The molecule has 0 aliphatic carbocycles. The maximum atomic E-state index is 10.9. The molecule has 4 heteroatoms. The molecule has 0 aromatic rings. The monoisotopic (exact) mass is 200 g/mol. The molecule has 0 saturated heterocycles. The minimum atomic E-state index is -1.33. The fourth-order valence-corrected chi connectivity index (χ4v) is 0.868. The van der Waals surface area contributed by atoms with E-state index in [1.54, 1.807) is 0 Å². The molecule has 0 aromatic heterocycles. The molecule has 0 aliphatic rings. The van der Waals surface area contributed by atoms with Gasteiger partial charge in [0.25, 0.3) is 0 Å². The van der Waals surface area contributed by atoms with Crippen LogP contribution >= 0.6 is 0 Å². The second kappa shape index (κ2) is 7.12. The van der Waals surface area contributed by atoms with Gasteiger partial charge in [0.1, 0.15) is 5.57 Å². The number of ether oxygens (including phenoxy) is 1. The van der Waals surface area contributed by atoms with E-state index >= 15 is 0 Å². The maximum absolute atomic E-state index is 10.9. The Labute approximate surface area is 83.6 Å². The van der Waals surface area contributed by atoms with Crippen LogP contribution in [-0.2, 0) is 14.3 Å². The highest BCUT2D eigenvalue weighted by Crippen LogP contribution is 2.01. The van der Waals surface area contributed by atoms with Crippen molar-refractivity contribution in [3.63, 3.8) is 0 Å².